The lowest BCUT2D eigenvalue weighted by molar-refractivity contribution is -0.123. The molecule has 1 atom stereocenters. The zero-order chi connectivity index (χ0) is 16.9. The third-order valence-corrected chi connectivity index (χ3v) is 3.55. The first kappa shape index (κ1) is 16.1. The van der Waals surface area contributed by atoms with Crippen LogP contribution in [0.1, 0.15) is 31.3 Å². The van der Waals surface area contributed by atoms with Crippen molar-refractivity contribution in [3.63, 3.8) is 0 Å². The quantitative estimate of drug-likeness (QED) is 0.717. The summed E-state index contributed by atoms with van der Waals surface area (Å²) in [6.45, 7) is 4.28. The molecule has 0 aliphatic carbocycles. The van der Waals surface area contributed by atoms with E-state index in [2.05, 4.69) is 25.8 Å². The van der Waals surface area contributed by atoms with E-state index in [1.807, 2.05) is 56.4 Å². The normalized spacial score (nSPS) is 12.5. The van der Waals surface area contributed by atoms with E-state index in [-0.39, 0.29) is 11.9 Å². The third-order valence-electron chi connectivity index (χ3n) is 3.55. The second-order valence-corrected chi connectivity index (χ2v) is 5.79. The summed E-state index contributed by atoms with van der Waals surface area (Å²) in [5, 5.41) is 14.4. The Hall–Kier alpha value is -2.80. The second-order valence-electron chi connectivity index (χ2n) is 5.79. The summed E-state index contributed by atoms with van der Waals surface area (Å²) in [7, 11) is 0. The fourth-order valence-electron chi connectivity index (χ4n) is 2.48. The van der Waals surface area contributed by atoms with Crippen LogP contribution in [-0.2, 0) is 11.3 Å². The molecule has 3 aromatic rings. The fraction of sp³-hybridized carbons (Fsp3) is 0.294. The number of benzene rings is 1. The van der Waals surface area contributed by atoms with Gasteiger partial charge in [-0.05, 0) is 25.5 Å². The molecule has 0 radical (unpaired) electrons. The van der Waals surface area contributed by atoms with Crippen LogP contribution >= 0.6 is 0 Å². The number of aromatic nitrogens is 4. The SMILES string of the molecule is CC(C)NC(=O)C(NCc1nnc2ncccn12)c1ccccc1. The van der Waals surface area contributed by atoms with Gasteiger partial charge in [0.2, 0.25) is 5.91 Å². The van der Waals surface area contributed by atoms with Crippen molar-refractivity contribution in [2.75, 3.05) is 0 Å². The van der Waals surface area contributed by atoms with Crippen molar-refractivity contribution in [3.8, 4) is 0 Å². The van der Waals surface area contributed by atoms with E-state index in [0.717, 1.165) is 5.56 Å². The highest BCUT2D eigenvalue weighted by atomic mass is 16.2. The van der Waals surface area contributed by atoms with Gasteiger partial charge in [0, 0.05) is 18.4 Å². The Balaban J connectivity index is 1.80. The molecule has 1 unspecified atom stereocenters. The highest BCUT2D eigenvalue weighted by Gasteiger charge is 2.21. The van der Waals surface area contributed by atoms with Gasteiger partial charge in [-0.2, -0.15) is 0 Å². The number of hydrogen-bond donors (Lipinski definition) is 2. The molecule has 7 nitrogen and oxygen atoms in total. The molecule has 7 heteroatoms. The molecule has 0 fully saturated rings. The van der Waals surface area contributed by atoms with E-state index in [0.29, 0.717) is 18.1 Å². The van der Waals surface area contributed by atoms with Gasteiger partial charge < -0.3 is 5.32 Å². The standard InChI is InChI=1S/C17H20N6O/c1-12(2)20-16(24)15(13-7-4-3-5-8-13)19-11-14-21-22-17-18-9-6-10-23(14)17/h3-10,12,15,19H,11H2,1-2H3,(H,20,24). The van der Waals surface area contributed by atoms with Gasteiger partial charge in [0.1, 0.15) is 6.04 Å². The Morgan fingerprint density at radius 2 is 1.96 bits per heavy atom. The summed E-state index contributed by atoms with van der Waals surface area (Å²) in [5.74, 6) is 1.18. The number of amides is 1. The number of carbonyl (C=O) groups excluding carboxylic acids is 1. The first-order valence-corrected chi connectivity index (χ1v) is 7.88. The summed E-state index contributed by atoms with van der Waals surface area (Å²) in [5.41, 5.74) is 0.905. The molecule has 3 rings (SSSR count). The maximum atomic E-state index is 12.5. The van der Waals surface area contributed by atoms with Gasteiger partial charge in [-0.3, -0.25) is 14.5 Å². The number of nitrogens with one attached hydrogen (secondary N) is 2. The first-order valence-electron chi connectivity index (χ1n) is 7.88. The zero-order valence-electron chi connectivity index (χ0n) is 13.7. The molecule has 2 aromatic heterocycles. The predicted molar refractivity (Wildman–Crippen MR) is 90.1 cm³/mol. The average molecular weight is 324 g/mol. The van der Waals surface area contributed by atoms with Crippen LogP contribution in [0, 0.1) is 0 Å². The summed E-state index contributed by atoms with van der Waals surface area (Å²) in [6.07, 6.45) is 3.52. The lowest BCUT2D eigenvalue weighted by Gasteiger charge is -2.20. The van der Waals surface area contributed by atoms with Gasteiger partial charge in [0.25, 0.3) is 5.78 Å². The summed E-state index contributed by atoms with van der Waals surface area (Å²) < 4.78 is 1.80. The van der Waals surface area contributed by atoms with Crippen molar-refractivity contribution in [2.45, 2.75) is 32.5 Å². The molecule has 1 amide bonds. The van der Waals surface area contributed by atoms with Crippen molar-refractivity contribution >= 4 is 11.7 Å². The maximum Gasteiger partial charge on any atom is 0.254 e. The van der Waals surface area contributed by atoms with Crippen molar-refractivity contribution in [2.24, 2.45) is 0 Å². The summed E-state index contributed by atoms with van der Waals surface area (Å²) >= 11 is 0. The van der Waals surface area contributed by atoms with Crippen molar-refractivity contribution < 1.29 is 4.79 Å². The number of nitrogens with zero attached hydrogens (tertiary/aromatic N) is 4. The Morgan fingerprint density at radius 1 is 1.17 bits per heavy atom. The molecule has 0 aliphatic rings. The van der Waals surface area contributed by atoms with Crippen molar-refractivity contribution in [1.82, 2.24) is 30.2 Å². The summed E-state index contributed by atoms with van der Waals surface area (Å²) in [4.78, 5) is 16.7. The van der Waals surface area contributed by atoms with Gasteiger partial charge >= 0.3 is 0 Å². The van der Waals surface area contributed by atoms with Gasteiger partial charge in [-0.1, -0.05) is 30.3 Å². The predicted octanol–water partition coefficient (Wildman–Crippen LogP) is 1.48. The van der Waals surface area contributed by atoms with Gasteiger partial charge in [0.15, 0.2) is 5.82 Å². The van der Waals surface area contributed by atoms with Crippen LogP contribution in [0.4, 0.5) is 0 Å². The minimum Gasteiger partial charge on any atom is -0.352 e. The van der Waals surface area contributed by atoms with Crippen molar-refractivity contribution in [1.29, 1.82) is 0 Å². The highest BCUT2D eigenvalue weighted by molar-refractivity contribution is 5.83. The van der Waals surface area contributed by atoms with Crippen LogP contribution < -0.4 is 10.6 Å². The van der Waals surface area contributed by atoms with Gasteiger partial charge in [-0.15, -0.1) is 10.2 Å². The Kier molecular flexibility index (Phi) is 4.81. The maximum absolute atomic E-state index is 12.5. The van der Waals surface area contributed by atoms with E-state index < -0.39 is 6.04 Å². The van der Waals surface area contributed by atoms with Crippen LogP contribution in [0.2, 0.25) is 0 Å². The van der Waals surface area contributed by atoms with E-state index in [4.69, 9.17) is 0 Å². The molecule has 0 saturated carbocycles. The molecular formula is C17H20N6O. The van der Waals surface area contributed by atoms with E-state index in [1.165, 1.54) is 0 Å². The van der Waals surface area contributed by atoms with E-state index in [9.17, 15) is 4.79 Å². The Labute approximate surface area is 140 Å². The van der Waals surface area contributed by atoms with E-state index >= 15 is 0 Å². The van der Waals surface area contributed by atoms with Crippen molar-refractivity contribution in [3.05, 3.63) is 60.2 Å². The number of carbonyl (C=O) groups is 1. The average Bonchev–Trinajstić information content (AvgIpc) is 2.99. The van der Waals surface area contributed by atoms with Crippen LogP contribution in [0.25, 0.3) is 5.78 Å². The monoisotopic (exact) mass is 324 g/mol. The van der Waals surface area contributed by atoms with Crippen LogP contribution in [0.15, 0.2) is 48.8 Å². The lowest BCUT2D eigenvalue weighted by Crippen LogP contribution is -2.40. The number of rotatable bonds is 6. The molecule has 2 N–H and O–H groups in total. The second kappa shape index (κ2) is 7.18. The van der Waals surface area contributed by atoms with Gasteiger partial charge in [-0.25, -0.2) is 4.98 Å². The topological polar surface area (TPSA) is 84.2 Å². The third kappa shape index (κ3) is 3.57. The summed E-state index contributed by atoms with van der Waals surface area (Å²) in [6, 6.07) is 11.1. The first-order chi connectivity index (χ1) is 11.6. The molecule has 24 heavy (non-hydrogen) atoms. The molecule has 1 aromatic carbocycles. The lowest BCUT2D eigenvalue weighted by atomic mass is 10.1. The molecule has 0 saturated heterocycles. The number of hydrogen-bond acceptors (Lipinski definition) is 5. The van der Waals surface area contributed by atoms with Crippen LogP contribution in [-0.4, -0.2) is 31.5 Å². The molecule has 2 heterocycles. The van der Waals surface area contributed by atoms with E-state index in [1.54, 1.807) is 10.6 Å². The minimum atomic E-state index is -0.461. The smallest absolute Gasteiger partial charge is 0.254 e. The molecule has 124 valence electrons. The Morgan fingerprint density at radius 3 is 2.71 bits per heavy atom. The molecule has 0 aliphatic heterocycles. The van der Waals surface area contributed by atoms with Crippen LogP contribution in [0.5, 0.6) is 0 Å². The molecule has 0 spiro atoms. The fourth-order valence-corrected chi connectivity index (χ4v) is 2.48. The van der Waals surface area contributed by atoms with Gasteiger partial charge in [0.05, 0.1) is 6.54 Å². The zero-order valence-corrected chi connectivity index (χ0v) is 13.7. The minimum absolute atomic E-state index is 0.0665. The van der Waals surface area contributed by atoms with Crippen LogP contribution in [0.3, 0.4) is 0 Å². The Bertz CT molecular complexity index is 814. The number of fused-ring (bicyclic) bond motifs is 1. The highest BCUT2D eigenvalue weighted by Crippen LogP contribution is 2.14. The molecule has 0 bridgehead atoms. The molecular weight excluding hydrogens is 304 g/mol. The largest absolute Gasteiger partial charge is 0.352 e.